The van der Waals surface area contributed by atoms with Crippen molar-refractivity contribution < 1.29 is 5.11 Å². The van der Waals surface area contributed by atoms with Gasteiger partial charge in [-0.2, -0.15) is 5.26 Å². The molecule has 4 heteroatoms. The van der Waals surface area contributed by atoms with Crippen molar-refractivity contribution in [3.8, 4) is 6.07 Å². The van der Waals surface area contributed by atoms with Gasteiger partial charge in [0.25, 0.3) is 0 Å². The Bertz CT molecular complexity index is 429. The second-order valence-corrected chi connectivity index (χ2v) is 5.09. The van der Waals surface area contributed by atoms with E-state index in [4.69, 9.17) is 5.26 Å². The number of nitrogens with zero attached hydrogens (tertiary/aromatic N) is 2. The Balaban J connectivity index is 2.43. The number of aromatic nitrogens is 1. The first-order valence-electron chi connectivity index (χ1n) is 6.41. The highest BCUT2D eigenvalue weighted by Gasteiger charge is 2.10. The first kappa shape index (κ1) is 14.7. The Kier molecular flexibility index (Phi) is 5.39. The van der Waals surface area contributed by atoms with Crippen LogP contribution in [0.2, 0.25) is 0 Å². The zero-order valence-electron chi connectivity index (χ0n) is 11.7. The fourth-order valence-corrected chi connectivity index (χ4v) is 1.85. The second-order valence-electron chi connectivity index (χ2n) is 5.09. The minimum atomic E-state index is -0.246. The van der Waals surface area contributed by atoms with Crippen molar-refractivity contribution in [3.05, 3.63) is 23.0 Å². The molecule has 0 spiro atoms. The molecule has 0 fully saturated rings. The largest absolute Gasteiger partial charge is 0.393 e. The van der Waals surface area contributed by atoms with Gasteiger partial charge in [-0.3, -0.25) is 0 Å². The van der Waals surface area contributed by atoms with Crippen molar-refractivity contribution in [3.63, 3.8) is 0 Å². The molecule has 1 unspecified atom stereocenters. The van der Waals surface area contributed by atoms with Gasteiger partial charge in [0.1, 0.15) is 11.8 Å². The highest BCUT2D eigenvalue weighted by molar-refractivity contribution is 5.33. The number of aliphatic hydroxyl groups is 1. The lowest BCUT2D eigenvalue weighted by molar-refractivity contribution is 0.116. The van der Waals surface area contributed by atoms with Crippen LogP contribution in [0.3, 0.4) is 0 Å². The van der Waals surface area contributed by atoms with Gasteiger partial charge in [0.05, 0.1) is 6.10 Å². The quantitative estimate of drug-likeness (QED) is 0.754. The summed E-state index contributed by atoms with van der Waals surface area (Å²) >= 11 is 0. The standard InChI is InChI=1S/C14H23N3O/c1-10(2)14(18)5-6-16-9-12-7-13(8-15)17(4)11(12)3/h7,10,14,16,18H,5-6,9H2,1-4H3. The maximum atomic E-state index is 9.68. The molecule has 4 nitrogen and oxygen atoms in total. The molecule has 0 amide bonds. The zero-order chi connectivity index (χ0) is 13.7. The molecule has 0 saturated heterocycles. The maximum Gasteiger partial charge on any atom is 0.120 e. The Morgan fingerprint density at radius 3 is 2.67 bits per heavy atom. The fourth-order valence-electron chi connectivity index (χ4n) is 1.85. The van der Waals surface area contributed by atoms with Gasteiger partial charge in [-0.15, -0.1) is 0 Å². The predicted octanol–water partition coefficient (Wildman–Crippen LogP) is 1.70. The normalized spacial score (nSPS) is 12.7. The van der Waals surface area contributed by atoms with Crippen LogP contribution in [-0.2, 0) is 13.6 Å². The summed E-state index contributed by atoms with van der Waals surface area (Å²) in [5.74, 6) is 0.301. The maximum absolute atomic E-state index is 9.68. The molecule has 2 N–H and O–H groups in total. The number of rotatable bonds is 6. The summed E-state index contributed by atoms with van der Waals surface area (Å²) in [5, 5.41) is 21.9. The van der Waals surface area contributed by atoms with Gasteiger partial charge in [-0.1, -0.05) is 13.8 Å². The van der Waals surface area contributed by atoms with E-state index in [0.717, 1.165) is 30.8 Å². The summed E-state index contributed by atoms with van der Waals surface area (Å²) in [5.41, 5.74) is 2.95. The van der Waals surface area contributed by atoms with Gasteiger partial charge in [0.2, 0.25) is 0 Å². The van der Waals surface area contributed by atoms with Gasteiger partial charge >= 0.3 is 0 Å². The number of hydrogen-bond donors (Lipinski definition) is 2. The first-order chi connectivity index (χ1) is 8.47. The molecule has 1 aromatic heterocycles. The van der Waals surface area contributed by atoms with Crippen LogP contribution in [0, 0.1) is 24.2 Å². The minimum absolute atomic E-state index is 0.246. The lowest BCUT2D eigenvalue weighted by Gasteiger charge is -2.14. The Morgan fingerprint density at radius 1 is 1.50 bits per heavy atom. The Labute approximate surface area is 109 Å². The molecular weight excluding hydrogens is 226 g/mol. The fraction of sp³-hybridized carbons (Fsp3) is 0.643. The van der Waals surface area contributed by atoms with Crippen molar-refractivity contribution in [2.24, 2.45) is 13.0 Å². The average Bonchev–Trinajstić information content (AvgIpc) is 2.61. The lowest BCUT2D eigenvalue weighted by atomic mass is 10.0. The molecule has 0 radical (unpaired) electrons. The molecule has 1 rings (SSSR count). The summed E-state index contributed by atoms with van der Waals surface area (Å²) in [4.78, 5) is 0. The van der Waals surface area contributed by atoms with Crippen LogP contribution in [0.4, 0.5) is 0 Å². The molecule has 1 aromatic rings. The molecule has 0 saturated carbocycles. The van der Waals surface area contributed by atoms with Gasteiger partial charge in [-0.05, 0) is 37.4 Å². The first-order valence-corrected chi connectivity index (χ1v) is 6.41. The van der Waals surface area contributed by atoms with Gasteiger partial charge < -0.3 is 15.0 Å². The predicted molar refractivity (Wildman–Crippen MR) is 72.0 cm³/mol. The van der Waals surface area contributed by atoms with Crippen LogP contribution in [0.15, 0.2) is 6.07 Å². The van der Waals surface area contributed by atoms with Crippen LogP contribution < -0.4 is 5.32 Å². The van der Waals surface area contributed by atoms with Gasteiger partial charge in [0, 0.05) is 19.3 Å². The number of nitrogens with one attached hydrogen (secondary N) is 1. The molecule has 0 aliphatic rings. The third-order valence-corrected chi connectivity index (χ3v) is 3.46. The van der Waals surface area contributed by atoms with E-state index in [9.17, 15) is 5.11 Å². The molecule has 0 bridgehead atoms. The molecule has 0 aliphatic heterocycles. The third kappa shape index (κ3) is 3.59. The van der Waals surface area contributed by atoms with Crippen LogP contribution in [0.1, 0.15) is 37.2 Å². The summed E-state index contributed by atoms with van der Waals surface area (Å²) < 4.78 is 1.90. The SMILES string of the molecule is Cc1c(CNCCC(O)C(C)C)cc(C#N)n1C. The van der Waals surface area contributed by atoms with Crippen molar-refractivity contribution >= 4 is 0 Å². The topological polar surface area (TPSA) is 61.0 Å². The highest BCUT2D eigenvalue weighted by atomic mass is 16.3. The summed E-state index contributed by atoms with van der Waals surface area (Å²) in [6, 6.07) is 4.09. The van der Waals surface area contributed by atoms with Crippen LogP contribution in [0.5, 0.6) is 0 Å². The van der Waals surface area contributed by atoms with E-state index >= 15 is 0 Å². The van der Waals surface area contributed by atoms with E-state index < -0.39 is 0 Å². The van der Waals surface area contributed by atoms with E-state index in [2.05, 4.69) is 11.4 Å². The van der Waals surface area contributed by atoms with Crippen LogP contribution in [0.25, 0.3) is 0 Å². The highest BCUT2D eigenvalue weighted by Crippen LogP contribution is 2.13. The van der Waals surface area contributed by atoms with E-state index in [-0.39, 0.29) is 6.10 Å². The number of hydrogen-bond acceptors (Lipinski definition) is 3. The van der Waals surface area contributed by atoms with Gasteiger partial charge in [-0.25, -0.2) is 0 Å². The number of aliphatic hydroxyl groups excluding tert-OH is 1. The average molecular weight is 249 g/mol. The minimum Gasteiger partial charge on any atom is -0.393 e. The summed E-state index contributed by atoms with van der Waals surface area (Å²) in [7, 11) is 1.90. The lowest BCUT2D eigenvalue weighted by Crippen LogP contribution is -2.23. The third-order valence-electron chi connectivity index (χ3n) is 3.46. The summed E-state index contributed by atoms with van der Waals surface area (Å²) in [6.45, 7) is 7.58. The molecule has 1 atom stereocenters. The van der Waals surface area contributed by atoms with E-state index in [1.54, 1.807) is 0 Å². The van der Waals surface area contributed by atoms with Crippen molar-refractivity contribution in [1.29, 1.82) is 5.26 Å². The molecule has 0 aromatic carbocycles. The Hall–Kier alpha value is -1.31. The molecule has 0 aliphatic carbocycles. The van der Waals surface area contributed by atoms with E-state index in [0.29, 0.717) is 11.6 Å². The van der Waals surface area contributed by atoms with E-state index in [1.807, 2.05) is 38.5 Å². The van der Waals surface area contributed by atoms with Crippen LogP contribution in [-0.4, -0.2) is 22.3 Å². The van der Waals surface area contributed by atoms with Crippen LogP contribution >= 0.6 is 0 Å². The van der Waals surface area contributed by atoms with Crippen molar-refractivity contribution in [2.45, 2.75) is 39.8 Å². The van der Waals surface area contributed by atoms with Crippen molar-refractivity contribution in [1.82, 2.24) is 9.88 Å². The zero-order valence-corrected chi connectivity index (χ0v) is 11.7. The van der Waals surface area contributed by atoms with E-state index in [1.165, 1.54) is 0 Å². The Morgan fingerprint density at radius 2 is 2.17 bits per heavy atom. The van der Waals surface area contributed by atoms with Crippen molar-refractivity contribution in [2.75, 3.05) is 6.54 Å². The second kappa shape index (κ2) is 6.58. The molecule has 100 valence electrons. The molecule has 1 heterocycles. The molecule has 18 heavy (non-hydrogen) atoms. The summed E-state index contributed by atoms with van der Waals surface area (Å²) in [6.07, 6.45) is 0.512. The number of nitriles is 1. The smallest absolute Gasteiger partial charge is 0.120 e. The molecular formula is C14H23N3O. The van der Waals surface area contributed by atoms with Gasteiger partial charge in [0.15, 0.2) is 0 Å². The monoisotopic (exact) mass is 249 g/mol.